The van der Waals surface area contributed by atoms with Gasteiger partial charge in [0.2, 0.25) is 0 Å². The highest BCUT2D eigenvalue weighted by molar-refractivity contribution is 7.20. The Hall–Kier alpha value is -2.19. The van der Waals surface area contributed by atoms with Gasteiger partial charge in [-0.05, 0) is 93.5 Å². The standard InChI is InChI=1S/C29H27Cl2FN2O3S/c1-15-11-20(32)24-21(12-15)38-27(33-24)36-17-7-9-28(10-8-17)13-29(35,14-28)23-25(34-37-26(23)16-5-6-16)22-18(30)3-2-4-19(22)31/h2-4,11-12,16-17,35H,5-10,13-14H2,1H3. The molecule has 7 rings (SSSR count). The van der Waals surface area contributed by atoms with Crippen molar-refractivity contribution in [1.82, 2.24) is 10.1 Å². The minimum absolute atomic E-state index is 0.0362. The average molecular weight is 574 g/mol. The fourth-order valence-corrected chi connectivity index (χ4v) is 8.17. The van der Waals surface area contributed by atoms with Crippen LogP contribution in [0.5, 0.6) is 5.19 Å². The van der Waals surface area contributed by atoms with Crippen LogP contribution in [-0.4, -0.2) is 21.4 Å². The lowest BCUT2D eigenvalue weighted by Crippen LogP contribution is -2.52. The van der Waals surface area contributed by atoms with Crippen molar-refractivity contribution < 1.29 is 18.8 Å². The summed E-state index contributed by atoms with van der Waals surface area (Å²) in [5.41, 5.74) is 2.23. The number of rotatable bonds is 5. The van der Waals surface area contributed by atoms with E-state index in [4.69, 9.17) is 32.5 Å². The van der Waals surface area contributed by atoms with Crippen LogP contribution in [0.15, 0.2) is 34.9 Å². The van der Waals surface area contributed by atoms with E-state index in [0.717, 1.165) is 60.1 Å². The number of thiazole rings is 1. The molecule has 2 aromatic carbocycles. The topological polar surface area (TPSA) is 68.4 Å². The molecule has 9 heteroatoms. The summed E-state index contributed by atoms with van der Waals surface area (Å²) >= 11 is 14.5. The molecule has 0 radical (unpaired) electrons. The molecule has 2 aromatic heterocycles. The molecular formula is C29H27Cl2FN2O3S. The van der Waals surface area contributed by atoms with Crippen LogP contribution in [0, 0.1) is 18.2 Å². The van der Waals surface area contributed by atoms with E-state index in [1.54, 1.807) is 18.2 Å². The molecule has 1 N–H and O–H groups in total. The summed E-state index contributed by atoms with van der Waals surface area (Å²) in [7, 11) is 0. The Morgan fingerprint density at radius 3 is 2.50 bits per heavy atom. The third-order valence-corrected chi connectivity index (χ3v) is 10.0. The molecule has 0 saturated heterocycles. The number of hydrogen-bond acceptors (Lipinski definition) is 6. The third kappa shape index (κ3) is 4.14. The average Bonchev–Trinajstić information content (AvgIpc) is 3.47. The van der Waals surface area contributed by atoms with Crippen LogP contribution in [0.2, 0.25) is 10.0 Å². The number of aromatic nitrogens is 2. The molecule has 3 aliphatic carbocycles. The number of fused-ring (bicyclic) bond motifs is 1. The van der Waals surface area contributed by atoms with Gasteiger partial charge < -0.3 is 14.4 Å². The zero-order valence-corrected chi connectivity index (χ0v) is 23.2. The summed E-state index contributed by atoms with van der Waals surface area (Å²) in [5, 5.41) is 17.8. The van der Waals surface area contributed by atoms with E-state index in [1.165, 1.54) is 17.4 Å². The quantitative estimate of drug-likeness (QED) is 0.259. The molecule has 0 bridgehead atoms. The van der Waals surface area contributed by atoms with Crippen LogP contribution in [0.3, 0.4) is 0 Å². The highest BCUT2D eigenvalue weighted by atomic mass is 35.5. The van der Waals surface area contributed by atoms with Gasteiger partial charge in [-0.25, -0.2) is 4.39 Å². The summed E-state index contributed by atoms with van der Waals surface area (Å²) < 4.78 is 27.1. The van der Waals surface area contributed by atoms with E-state index < -0.39 is 5.60 Å². The summed E-state index contributed by atoms with van der Waals surface area (Å²) in [6.07, 6.45) is 7.04. The van der Waals surface area contributed by atoms with Crippen molar-refractivity contribution >= 4 is 44.8 Å². The molecule has 1 spiro atoms. The first kappa shape index (κ1) is 24.8. The number of ether oxygens (including phenoxy) is 1. The van der Waals surface area contributed by atoms with E-state index in [0.29, 0.717) is 50.8 Å². The van der Waals surface area contributed by atoms with Gasteiger partial charge in [-0.2, -0.15) is 4.98 Å². The van der Waals surface area contributed by atoms with Gasteiger partial charge >= 0.3 is 0 Å². The lowest BCUT2D eigenvalue weighted by atomic mass is 9.51. The lowest BCUT2D eigenvalue weighted by molar-refractivity contribution is -0.156. The minimum atomic E-state index is -1.02. The summed E-state index contributed by atoms with van der Waals surface area (Å²) in [4.78, 5) is 4.40. The molecule has 4 aromatic rings. The lowest BCUT2D eigenvalue weighted by Gasteiger charge is -2.56. The van der Waals surface area contributed by atoms with E-state index in [2.05, 4.69) is 10.1 Å². The maximum atomic E-state index is 14.3. The van der Waals surface area contributed by atoms with E-state index in [-0.39, 0.29) is 17.3 Å². The highest BCUT2D eigenvalue weighted by Gasteiger charge is 2.58. The van der Waals surface area contributed by atoms with Crippen LogP contribution in [0.25, 0.3) is 21.5 Å². The first-order valence-electron chi connectivity index (χ1n) is 13.1. The molecule has 0 atom stereocenters. The Balaban J connectivity index is 1.09. The molecule has 0 aliphatic heterocycles. The Morgan fingerprint density at radius 1 is 1.11 bits per heavy atom. The van der Waals surface area contributed by atoms with Gasteiger partial charge in [0.1, 0.15) is 23.1 Å². The molecule has 0 amide bonds. The number of benzene rings is 2. The van der Waals surface area contributed by atoms with Gasteiger partial charge in [-0.1, -0.05) is 45.8 Å². The predicted octanol–water partition coefficient (Wildman–Crippen LogP) is 8.57. The van der Waals surface area contributed by atoms with Crippen LogP contribution in [0.1, 0.15) is 74.2 Å². The van der Waals surface area contributed by atoms with Crippen LogP contribution in [-0.2, 0) is 5.60 Å². The van der Waals surface area contributed by atoms with Gasteiger partial charge in [0, 0.05) is 11.5 Å². The maximum absolute atomic E-state index is 14.3. The fraction of sp³-hybridized carbons (Fsp3) is 0.448. The number of nitrogens with zero attached hydrogens (tertiary/aromatic N) is 2. The Kier molecular flexibility index (Phi) is 5.82. The molecular weight excluding hydrogens is 546 g/mol. The van der Waals surface area contributed by atoms with E-state index >= 15 is 0 Å². The zero-order chi connectivity index (χ0) is 26.2. The summed E-state index contributed by atoms with van der Waals surface area (Å²) in [6, 6.07) is 8.82. The Morgan fingerprint density at radius 2 is 1.82 bits per heavy atom. The molecule has 0 unspecified atom stereocenters. The van der Waals surface area contributed by atoms with Crippen molar-refractivity contribution in [3.63, 3.8) is 0 Å². The van der Waals surface area contributed by atoms with Crippen molar-refractivity contribution in [2.24, 2.45) is 5.41 Å². The maximum Gasteiger partial charge on any atom is 0.274 e. The second-order valence-corrected chi connectivity index (χ2v) is 13.2. The molecule has 3 aliphatic rings. The van der Waals surface area contributed by atoms with Crippen molar-refractivity contribution in [2.45, 2.75) is 75.9 Å². The van der Waals surface area contributed by atoms with Crippen molar-refractivity contribution in [2.75, 3.05) is 0 Å². The van der Waals surface area contributed by atoms with Gasteiger partial charge in [0.15, 0.2) is 5.82 Å². The monoisotopic (exact) mass is 572 g/mol. The summed E-state index contributed by atoms with van der Waals surface area (Å²) in [6.45, 7) is 1.88. The minimum Gasteiger partial charge on any atom is -0.467 e. The van der Waals surface area contributed by atoms with E-state index in [9.17, 15) is 9.50 Å². The second-order valence-electron chi connectivity index (χ2n) is 11.4. The number of halogens is 3. The molecule has 2 heterocycles. The highest BCUT2D eigenvalue weighted by Crippen LogP contribution is 2.64. The molecule has 3 fully saturated rings. The first-order chi connectivity index (χ1) is 18.2. The number of aliphatic hydroxyl groups is 1. The second kappa shape index (κ2) is 8.91. The zero-order valence-electron chi connectivity index (χ0n) is 20.9. The Labute approximate surface area is 233 Å². The van der Waals surface area contributed by atoms with Gasteiger partial charge in [0.25, 0.3) is 5.19 Å². The normalized spacial score (nSPS) is 27.1. The number of aryl methyl sites for hydroxylation is 1. The molecule has 38 heavy (non-hydrogen) atoms. The third-order valence-electron chi connectivity index (χ3n) is 8.50. The van der Waals surface area contributed by atoms with Crippen molar-refractivity contribution in [3.8, 4) is 16.5 Å². The van der Waals surface area contributed by atoms with Crippen molar-refractivity contribution in [3.05, 3.63) is 63.1 Å². The van der Waals surface area contributed by atoms with Gasteiger partial charge in [0.05, 0.1) is 25.9 Å². The molecule has 198 valence electrons. The van der Waals surface area contributed by atoms with Crippen molar-refractivity contribution in [1.29, 1.82) is 0 Å². The summed E-state index contributed by atoms with van der Waals surface area (Å²) in [5.74, 6) is 0.766. The Bertz CT molecular complexity index is 1530. The predicted molar refractivity (Wildman–Crippen MR) is 147 cm³/mol. The first-order valence-corrected chi connectivity index (χ1v) is 14.7. The van der Waals surface area contributed by atoms with Crippen LogP contribution >= 0.6 is 34.5 Å². The molecule has 5 nitrogen and oxygen atoms in total. The SMILES string of the molecule is Cc1cc(F)c2nc(OC3CCC4(CC3)CC(O)(c3c(-c5c(Cl)cccc5Cl)noc3C3CC3)C4)sc2c1. The largest absolute Gasteiger partial charge is 0.467 e. The van der Waals surface area contributed by atoms with Gasteiger partial charge in [-0.3, -0.25) is 0 Å². The molecule has 3 saturated carbocycles. The van der Waals surface area contributed by atoms with Gasteiger partial charge in [-0.15, -0.1) is 0 Å². The fourth-order valence-electron chi connectivity index (χ4n) is 6.60. The van der Waals surface area contributed by atoms with Crippen LogP contribution < -0.4 is 4.74 Å². The number of hydrogen-bond donors (Lipinski definition) is 1. The van der Waals surface area contributed by atoms with E-state index in [1.807, 2.05) is 13.0 Å². The smallest absolute Gasteiger partial charge is 0.274 e. The van der Waals surface area contributed by atoms with Crippen LogP contribution in [0.4, 0.5) is 4.39 Å².